The fourth-order valence-corrected chi connectivity index (χ4v) is 1.35. The second-order valence-corrected chi connectivity index (χ2v) is 3.36. The van der Waals surface area contributed by atoms with Crippen LogP contribution in [0.4, 0.5) is 30.7 Å². The van der Waals surface area contributed by atoms with Crippen molar-refractivity contribution in [2.75, 3.05) is 0 Å². The molecule has 0 saturated heterocycles. The summed E-state index contributed by atoms with van der Waals surface area (Å²) in [5.74, 6) is -1.99. The number of alkyl halides is 6. The zero-order valence-corrected chi connectivity index (χ0v) is 8.14. The maximum atomic E-state index is 12.9. The van der Waals surface area contributed by atoms with E-state index in [4.69, 9.17) is 0 Å². The highest BCUT2D eigenvalue weighted by molar-refractivity contribution is 7.80. The molecule has 1 aromatic rings. The number of halogens is 7. The molecule has 1 rings (SSSR count). The number of thiol groups is 1. The van der Waals surface area contributed by atoms with Crippen molar-refractivity contribution < 1.29 is 30.7 Å². The van der Waals surface area contributed by atoms with Gasteiger partial charge < -0.3 is 0 Å². The smallest absolute Gasteiger partial charge is 0.206 e. The van der Waals surface area contributed by atoms with Crippen molar-refractivity contribution in [1.29, 1.82) is 0 Å². The average Bonchev–Trinajstić information content (AvgIpc) is 1.97. The van der Waals surface area contributed by atoms with Crippen molar-refractivity contribution in [3.8, 4) is 0 Å². The van der Waals surface area contributed by atoms with Gasteiger partial charge >= 0.3 is 12.4 Å². The Kier molecular flexibility index (Phi) is 3.15. The summed E-state index contributed by atoms with van der Waals surface area (Å²) in [7, 11) is 0. The molecule has 0 nitrogen and oxygen atoms in total. The third-order valence-electron chi connectivity index (χ3n) is 1.66. The molecule has 90 valence electrons. The molecule has 0 aromatic heterocycles. The molecule has 16 heavy (non-hydrogen) atoms. The number of hydrogen-bond donors (Lipinski definition) is 1. The van der Waals surface area contributed by atoms with Crippen molar-refractivity contribution in [1.82, 2.24) is 0 Å². The standard InChI is InChI=1S/C8H3F7S/c9-5-2-3(16)1-4(7(10,11)12)6(5)8(13,14)15/h1-2,16H. The van der Waals surface area contributed by atoms with Crippen molar-refractivity contribution in [3.63, 3.8) is 0 Å². The van der Waals surface area contributed by atoms with Crippen LogP contribution in [0.3, 0.4) is 0 Å². The predicted octanol–water partition coefficient (Wildman–Crippen LogP) is 4.15. The van der Waals surface area contributed by atoms with Gasteiger partial charge in [0.1, 0.15) is 11.4 Å². The first-order valence-electron chi connectivity index (χ1n) is 3.70. The van der Waals surface area contributed by atoms with Crippen molar-refractivity contribution in [2.45, 2.75) is 17.2 Å². The summed E-state index contributed by atoms with van der Waals surface area (Å²) >= 11 is 3.39. The maximum Gasteiger partial charge on any atom is 0.419 e. The molecule has 0 radical (unpaired) electrons. The lowest BCUT2D eigenvalue weighted by molar-refractivity contribution is -0.164. The van der Waals surface area contributed by atoms with Gasteiger partial charge in [0.05, 0.1) is 5.56 Å². The molecule has 0 aliphatic heterocycles. The van der Waals surface area contributed by atoms with Gasteiger partial charge in [-0.3, -0.25) is 0 Å². The minimum Gasteiger partial charge on any atom is -0.206 e. The highest BCUT2D eigenvalue weighted by atomic mass is 32.1. The van der Waals surface area contributed by atoms with Crippen LogP contribution in [0.15, 0.2) is 17.0 Å². The van der Waals surface area contributed by atoms with Gasteiger partial charge in [-0.1, -0.05) is 0 Å². The summed E-state index contributed by atoms with van der Waals surface area (Å²) in [5, 5.41) is 0. The normalized spacial score (nSPS) is 13.0. The lowest BCUT2D eigenvalue weighted by atomic mass is 10.1. The molecule has 0 atom stereocenters. The topological polar surface area (TPSA) is 0 Å². The van der Waals surface area contributed by atoms with E-state index in [9.17, 15) is 30.7 Å². The predicted molar refractivity (Wildman–Crippen MR) is 43.7 cm³/mol. The Bertz CT molecular complexity index is 404. The van der Waals surface area contributed by atoms with Crippen LogP contribution in [-0.2, 0) is 12.4 Å². The van der Waals surface area contributed by atoms with Gasteiger partial charge in [0.25, 0.3) is 0 Å². The molecular weight excluding hydrogens is 261 g/mol. The molecule has 0 aliphatic rings. The molecule has 0 bridgehead atoms. The van der Waals surface area contributed by atoms with Gasteiger partial charge in [0.15, 0.2) is 0 Å². The van der Waals surface area contributed by atoms with Crippen LogP contribution in [0, 0.1) is 5.82 Å². The molecule has 8 heteroatoms. The van der Waals surface area contributed by atoms with Crippen LogP contribution in [0.25, 0.3) is 0 Å². The van der Waals surface area contributed by atoms with Crippen LogP contribution in [0.1, 0.15) is 11.1 Å². The molecule has 0 aliphatic carbocycles. The summed E-state index contributed by atoms with van der Waals surface area (Å²) in [4.78, 5) is -0.530. The highest BCUT2D eigenvalue weighted by Crippen LogP contribution is 2.42. The first-order valence-corrected chi connectivity index (χ1v) is 4.15. The van der Waals surface area contributed by atoms with E-state index in [1.165, 1.54) is 0 Å². The molecule has 0 fully saturated rings. The van der Waals surface area contributed by atoms with E-state index in [1.807, 2.05) is 0 Å². The lowest BCUT2D eigenvalue weighted by Gasteiger charge is -2.16. The van der Waals surface area contributed by atoms with E-state index in [1.54, 1.807) is 0 Å². The monoisotopic (exact) mass is 264 g/mol. The minimum absolute atomic E-state index is 0.134. The van der Waals surface area contributed by atoms with Gasteiger partial charge in [0.2, 0.25) is 0 Å². The van der Waals surface area contributed by atoms with Crippen molar-refractivity contribution in [2.24, 2.45) is 0 Å². The van der Waals surface area contributed by atoms with Gasteiger partial charge in [-0.2, -0.15) is 26.3 Å². The SMILES string of the molecule is Fc1cc(S)cc(C(F)(F)F)c1C(F)(F)F. The highest BCUT2D eigenvalue weighted by Gasteiger charge is 2.45. The van der Waals surface area contributed by atoms with E-state index >= 15 is 0 Å². The quantitative estimate of drug-likeness (QED) is 0.528. The van der Waals surface area contributed by atoms with E-state index in [0.717, 1.165) is 0 Å². The minimum atomic E-state index is -5.41. The van der Waals surface area contributed by atoms with E-state index in [0.29, 0.717) is 0 Å². The Labute approximate surface area is 90.5 Å². The molecule has 0 heterocycles. The third-order valence-corrected chi connectivity index (χ3v) is 1.92. The summed E-state index contributed by atoms with van der Waals surface area (Å²) in [5.41, 5.74) is -4.40. The van der Waals surface area contributed by atoms with E-state index in [-0.39, 0.29) is 12.1 Å². The second-order valence-electron chi connectivity index (χ2n) is 2.85. The molecule has 0 spiro atoms. The van der Waals surface area contributed by atoms with Crippen LogP contribution < -0.4 is 0 Å². The van der Waals surface area contributed by atoms with Gasteiger partial charge in [-0.25, -0.2) is 4.39 Å². The van der Waals surface area contributed by atoms with Crippen LogP contribution >= 0.6 is 12.6 Å². The summed E-state index contributed by atoms with van der Waals surface area (Å²) in [6.45, 7) is 0. The van der Waals surface area contributed by atoms with Gasteiger partial charge in [0, 0.05) is 4.90 Å². The van der Waals surface area contributed by atoms with Crippen LogP contribution in [0.2, 0.25) is 0 Å². The Morgan fingerprint density at radius 3 is 1.75 bits per heavy atom. The maximum absolute atomic E-state index is 12.9. The Hall–Kier alpha value is -0.920. The first-order chi connectivity index (χ1) is 7.03. The molecule has 0 amide bonds. The average molecular weight is 264 g/mol. The molecule has 0 saturated carbocycles. The van der Waals surface area contributed by atoms with Gasteiger partial charge in [-0.05, 0) is 12.1 Å². The molecule has 1 aromatic carbocycles. The molecular formula is C8H3F7S. The summed E-state index contributed by atoms with van der Waals surface area (Å²) < 4.78 is 86.2. The number of benzene rings is 1. The summed E-state index contributed by atoms with van der Waals surface area (Å²) in [6, 6.07) is 0.413. The second kappa shape index (κ2) is 3.83. The first kappa shape index (κ1) is 13.1. The molecule has 0 N–H and O–H groups in total. The number of rotatable bonds is 0. The molecule has 0 unspecified atom stereocenters. The van der Waals surface area contributed by atoms with Crippen molar-refractivity contribution in [3.05, 3.63) is 29.1 Å². The van der Waals surface area contributed by atoms with Crippen molar-refractivity contribution >= 4 is 12.6 Å². The fraction of sp³-hybridized carbons (Fsp3) is 0.250. The zero-order chi connectivity index (χ0) is 12.7. The summed E-state index contributed by atoms with van der Waals surface area (Å²) in [6.07, 6.45) is -10.7. The van der Waals surface area contributed by atoms with E-state index < -0.39 is 34.2 Å². The third kappa shape index (κ3) is 2.60. The van der Waals surface area contributed by atoms with Crippen LogP contribution in [-0.4, -0.2) is 0 Å². The van der Waals surface area contributed by atoms with Gasteiger partial charge in [-0.15, -0.1) is 12.6 Å². The Balaban J connectivity index is 3.58. The Morgan fingerprint density at radius 2 is 1.38 bits per heavy atom. The fourth-order valence-electron chi connectivity index (χ4n) is 1.10. The zero-order valence-electron chi connectivity index (χ0n) is 7.25. The lowest BCUT2D eigenvalue weighted by Crippen LogP contribution is -2.18. The van der Waals surface area contributed by atoms with Crippen LogP contribution in [0.5, 0.6) is 0 Å². The van der Waals surface area contributed by atoms with E-state index in [2.05, 4.69) is 12.6 Å². The Morgan fingerprint density at radius 1 is 0.875 bits per heavy atom. The largest absolute Gasteiger partial charge is 0.419 e. The number of hydrogen-bond acceptors (Lipinski definition) is 1.